The molecule has 0 amide bonds. The summed E-state index contributed by atoms with van der Waals surface area (Å²) in [6, 6.07) is 7.50. The summed E-state index contributed by atoms with van der Waals surface area (Å²) in [4.78, 5) is 0. The summed E-state index contributed by atoms with van der Waals surface area (Å²) in [5.74, 6) is 1.01. The largest absolute Gasteiger partial charge is 0.494 e. The van der Waals surface area contributed by atoms with Gasteiger partial charge < -0.3 is 4.74 Å². The van der Waals surface area contributed by atoms with Crippen molar-refractivity contribution in [2.24, 2.45) is 0 Å². The van der Waals surface area contributed by atoms with Gasteiger partial charge in [-0.3, -0.25) is 0 Å². The van der Waals surface area contributed by atoms with E-state index >= 15 is 0 Å². The molecule has 0 aliphatic heterocycles. The van der Waals surface area contributed by atoms with Gasteiger partial charge in [-0.25, -0.2) is 13.1 Å². The highest BCUT2D eigenvalue weighted by Crippen LogP contribution is 2.12. The van der Waals surface area contributed by atoms with Crippen LogP contribution < -0.4 is 9.46 Å². The standard InChI is InChI=1S/C14H23NO3S/c1-3-5-11-19(16,17)15-12-13-6-8-14(9-7-13)18-10-4-2/h6-9,15H,3-5,10-12H2,1-2H3. The van der Waals surface area contributed by atoms with Crippen LogP contribution in [0.1, 0.15) is 38.7 Å². The molecule has 0 aromatic heterocycles. The van der Waals surface area contributed by atoms with Crippen LogP contribution in [0.5, 0.6) is 5.75 Å². The van der Waals surface area contributed by atoms with E-state index in [1.807, 2.05) is 31.2 Å². The van der Waals surface area contributed by atoms with Crippen molar-refractivity contribution >= 4 is 10.0 Å². The first kappa shape index (κ1) is 16.0. The summed E-state index contributed by atoms with van der Waals surface area (Å²) in [5, 5.41) is 0. The van der Waals surface area contributed by atoms with Crippen LogP contribution in [0.25, 0.3) is 0 Å². The summed E-state index contributed by atoms with van der Waals surface area (Å²) < 4.78 is 31.3. The molecule has 0 fully saturated rings. The number of nitrogens with one attached hydrogen (secondary N) is 1. The topological polar surface area (TPSA) is 55.4 Å². The second kappa shape index (κ2) is 8.17. The first-order valence-corrected chi connectivity index (χ1v) is 8.41. The van der Waals surface area contributed by atoms with E-state index in [-0.39, 0.29) is 5.75 Å². The van der Waals surface area contributed by atoms with Crippen LogP contribution in [0.4, 0.5) is 0 Å². The van der Waals surface area contributed by atoms with Crippen molar-refractivity contribution < 1.29 is 13.2 Å². The highest BCUT2D eigenvalue weighted by atomic mass is 32.2. The van der Waals surface area contributed by atoms with Crippen molar-refractivity contribution in [3.8, 4) is 5.75 Å². The summed E-state index contributed by atoms with van der Waals surface area (Å²) in [6.45, 7) is 5.06. The number of hydrogen-bond donors (Lipinski definition) is 1. The fourth-order valence-corrected chi connectivity index (χ4v) is 2.72. The minimum absolute atomic E-state index is 0.196. The first-order chi connectivity index (χ1) is 9.07. The van der Waals surface area contributed by atoms with Crippen LogP contribution in [0, 0.1) is 0 Å². The molecule has 0 aliphatic rings. The number of ether oxygens (including phenoxy) is 1. The van der Waals surface area contributed by atoms with Crippen molar-refractivity contribution in [3.63, 3.8) is 0 Å². The van der Waals surface area contributed by atoms with E-state index in [0.29, 0.717) is 19.6 Å². The van der Waals surface area contributed by atoms with Crippen LogP contribution in [0.2, 0.25) is 0 Å². The molecule has 0 aliphatic carbocycles. The van der Waals surface area contributed by atoms with Gasteiger partial charge in [0.1, 0.15) is 5.75 Å². The van der Waals surface area contributed by atoms with Crippen molar-refractivity contribution in [2.75, 3.05) is 12.4 Å². The third kappa shape index (κ3) is 6.59. The SMILES string of the molecule is CCCCS(=O)(=O)NCc1ccc(OCCC)cc1. The Morgan fingerprint density at radius 1 is 1.11 bits per heavy atom. The van der Waals surface area contributed by atoms with Gasteiger partial charge in [-0.05, 0) is 30.5 Å². The zero-order valence-electron chi connectivity index (χ0n) is 11.7. The number of rotatable bonds is 9. The summed E-state index contributed by atoms with van der Waals surface area (Å²) in [7, 11) is -3.15. The van der Waals surface area contributed by atoms with Crippen LogP contribution in [-0.2, 0) is 16.6 Å². The van der Waals surface area contributed by atoms with E-state index in [9.17, 15) is 8.42 Å². The van der Waals surface area contributed by atoms with Crippen LogP contribution >= 0.6 is 0 Å². The minimum Gasteiger partial charge on any atom is -0.494 e. The van der Waals surface area contributed by atoms with Crippen LogP contribution in [0.15, 0.2) is 24.3 Å². The third-order valence-electron chi connectivity index (χ3n) is 2.66. The maximum Gasteiger partial charge on any atom is 0.211 e. The Morgan fingerprint density at radius 2 is 1.79 bits per heavy atom. The predicted molar refractivity (Wildman–Crippen MR) is 77.8 cm³/mol. The maximum absolute atomic E-state index is 11.6. The smallest absolute Gasteiger partial charge is 0.211 e. The van der Waals surface area contributed by atoms with Gasteiger partial charge in [-0.1, -0.05) is 32.4 Å². The van der Waals surface area contributed by atoms with Gasteiger partial charge in [-0.2, -0.15) is 0 Å². The zero-order chi connectivity index (χ0) is 14.1. The highest BCUT2D eigenvalue weighted by molar-refractivity contribution is 7.89. The molecule has 0 radical (unpaired) electrons. The second-order valence-corrected chi connectivity index (χ2v) is 6.41. The number of hydrogen-bond acceptors (Lipinski definition) is 3. The lowest BCUT2D eigenvalue weighted by Gasteiger charge is -2.08. The molecule has 108 valence electrons. The predicted octanol–water partition coefficient (Wildman–Crippen LogP) is 2.69. The second-order valence-electron chi connectivity index (χ2n) is 4.49. The lowest BCUT2D eigenvalue weighted by Crippen LogP contribution is -2.25. The quantitative estimate of drug-likeness (QED) is 0.759. The Labute approximate surface area is 116 Å². The average molecular weight is 285 g/mol. The normalized spacial score (nSPS) is 11.5. The Morgan fingerprint density at radius 3 is 2.37 bits per heavy atom. The molecule has 0 unspecified atom stereocenters. The van der Waals surface area contributed by atoms with E-state index in [2.05, 4.69) is 11.6 Å². The molecule has 5 heteroatoms. The van der Waals surface area contributed by atoms with E-state index in [0.717, 1.165) is 24.2 Å². The lowest BCUT2D eigenvalue weighted by atomic mass is 10.2. The van der Waals surface area contributed by atoms with Gasteiger partial charge in [0.25, 0.3) is 0 Å². The minimum atomic E-state index is -3.15. The summed E-state index contributed by atoms with van der Waals surface area (Å²) >= 11 is 0. The van der Waals surface area contributed by atoms with Crippen LogP contribution in [-0.4, -0.2) is 20.8 Å². The number of unbranched alkanes of at least 4 members (excludes halogenated alkanes) is 1. The molecule has 0 atom stereocenters. The summed E-state index contributed by atoms with van der Waals surface area (Å²) in [6.07, 6.45) is 2.54. The monoisotopic (exact) mass is 285 g/mol. The number of benzene rings is 1. The molecule has 1 aromatic rings. The van der Waals surface area contributed by atoms with Gasteiger partial charge in [0.15, 0.2) is 0 Å². The zero-order valence-corrected chi connectivity index (χ0v) is 12.5. The fourth-order valence-electron chi connectivity index (χ4n) is 1.52. The highest BCUT2D eigenvalue weighted by Gasteiger charge is 2.08. The fraction of sp³-hybridized carbons (Fsp3) is 0.571. The van der Waals surface area contributed by atoms with Crippen molar-refractivity contribution in [2.45, 2.75) is 39.7 Å². The Hall–Kier alpha value is -1.07. The molecule has 0 spiro atoms. The van der Waals surface area contributed by atoms with Gasteiger partial charge in [0, 0.05) is 6.54 Å². The molecule has 4 nitrogen and oxygen atoms in total. The maximum atomic E-state index is 11.6. The first-order valence-electron chi connectivity index (χ1n) is 6.76. The number of sulfonamides is 1. The Bertz CT molecular complexity index is 454. The molecule has 0 saturated carbocycles. The molecule has 0 bridgehead atoms. The third-order valence-corrected chi connectivity index (χ3v) is 4.07. The molecule has 1 N–H and O–H groups in total. The molecule has 0 heterocycles. The van der Waals surface area contributed by atoms with E-state index < -0.39 is 10.0 Å². The van der Waals surface area contributed by atoms with E-state index in [4.69, 9.17) is 4.74 Å². The average Bonchev–Trinajstić information content (AvgIpc) is 2.42. The van der Waals surface area contributed by atoms with Crippen molar-refractivity contribution in [1.82, 2.24) is 4.72 Å². The Balaban J connectivity index is 2.45. The van der Waals surface area contributed by atoms with Gasteiger partial charge in [-0.15, -0.1) is 0 Å². The molecular weight excluding hydrogens is 262 g/mol. The van der Waals surface area contributed by atoms with Gasteiger partial charge in [0.2, 0.25) is 10.0 Å². The molecular formula is C14H23NO3S. The van der Waals surface area contributed by atoms with Crippen LogP contribution in [0.3, 0.4) is 0 Å². The van der Waals surface area contributed by atoms with E-state index in [1.54, 1.807) is 0 Å². The Kier molecular flexibility index (Phi) is 6.87. The lowest BCUT2D eigenvalue weighted by molar-refractivity contribution is 0.317. The van der Waals surface area contributed by atoms with Crippen molar-refractivity contribution in [3.05, 3.63) is 29.8 Å². The molecule has 1 rings (SSSR count). The molecule has 0 saturated heterocycles. The molecule has 1 aromatic carbocycles. The molecule has 19 heavy (non-hydrogen) atoms. The van der Waals surface area contributed by atoms with Crippen molar-refractivity contribution in [1.29, 1.82) is 0 Å². The van der Waals surface area contributed by atoms with Gasteiger partial charge in [0.05, 0.1) is 12.4 Å². The summed E-state index contributed by atoms with van der Waals surface area (Å²) in [5.41, 5.74) is 0.934. The van der Waals surface area contributed by atoms with E-state index in [1.165, 1.54) is 0 Å². The van der Waals surface area contributed by atoms with Gasteiger partial charge >= 0.3 is 0 Å².